The zero-order valence-electron chi connectivity index (χ0n) is 16.8. The fourth-order valence-corrected chi connectivity index (χ4v) is 5.59. The van der Waals surface area contributed by atoms with Gasteiger partial charge in [0.1, 0.15) is 11.4 Å². The summed E-state index contributed by atoms with van der Waals surface area (Å²) in [6.07, 6.45) is 8.98. The normalized spacial score (nSPS) is 32.8. The number of carbonyl (C=O) groups is 2. The number of hydrogen-bond donors (Lipinski definition) is 1. The predicted molar refractivity (Wildman–Crippen MR) is 107 cm³/mol. The first-order valence-electron chi connectivity index (χ1n) is 10.7. The molecule has 0 unspecified atom stereocenters. The second kappa shape index (κ2) is 7.17. The molecule has 1 saturated carbocycles. The molecular formula is C23H28N2O4. The molecule has 6 heteroatoms. The van der Waals surface area contributed by atoms with Crippen molar-refractivity contribution in [3.8, 4) is 5.75 Å². The molecule has 0 aromatic heterocycles. The molecule has 3 aliphatic heterocycles. The largest absolute Gasteiger partial charge is 0.497 e. The number of benzene rings is 1. The summed E-state index contributed by atoms with van der Waals surface area (Å²) in [6.45, 7) is 1.14. The standard InChI is InChI=1S/C23H28N2O4/c1-28-17-8-6-15(7-9-17)11-13-24-21(26)19-18-10-12-23(29-18)14-25(22(27)20(19)23)16-4-2-3-5-16/h6-10,12,16,18-20H,2-5,11,13-14H2,1H3,(H,24,26)/t18-,19+,20+,23+/m0/s1. The van der Waals surface area contributed by atoms with Crippen molar-refractivity contribution in [3.05, 3.63) is 42.0 Å². The van der Waals surface area contributed by atoms with Gasteiger partial charge in [0.25, 0.3) is 0 Å². The first-order chi connectivity index (χ1) is 14.1. The van der Waals surface area contributed by atoms with Gasteiger partial charge in [-0.25, -0.2) is 0 Å². The van der Waals surface area contributed by atoms with Gasteiger partial charge >= 0.3 is 0 Å². The van der Waals surface area contributed by atoms with Crippen LogP contribution in [0.2, 0.25) is 0 Å². The SMILES string of the molecule is COc1ccc(CCNC(=O)[C@@H]2[C@@H]3C=C[C@]4(CN(C5CCCC5)C(=O)[C@@H]24)O3)cc1. The summed E-state index contributed by atoms with van der Waals surface area (Å²) in [5.74, 6) is 0.0647. The van der Waals surface area contributed by atoms with Crippen molar-refractivity contribution in [2.24, 2.45) is 11.8 Å². The van der Waals surface area contributed by atoms with Crippen molar-refractivity contribution in [3.63, 3.8) is 0 Å². The van der Waals surface area contributed by atoms with Gasteiger partial charge in [-0.1, -0.05) is 37.1 Å². The lowest BCUT2D eigenvalue weighted by Gasteiger charge is -2.27. The Morgan fingerprint density at radius 2 is 2.03 bits per heavy atom. The molecule has 5 rings (SSSR count). The third kappa shape index (κ3) is 3.05. The highest BCUT2D eigenvalue weighted by molar-refractivity contribution is 5.93. The average molecular weight is 396 g/mol. The number of nitrogens with one attached hydrogen (secondary N) is 1. The van der Waals surface area contributed by atoms with Crippen LogP contribution in [0.1, 0.15) is 31.2 Å². The van der Waals surface area contributed by atoms with Crippen LogP contribution in [0.25, 0.3) is 0 Å². The number of carbonyl (C=O) groups excluding carboxylic acids is 2. The highest BCUT2D eigenvalue weighted by atomic mass is 16.5. The zero-order valence-corrected chi connectivity index (χ0v) is 16.8. The number of hydrogen-bond acceptors (Lipinski definition) is 4. The van der Waals surface area contributed by atoms with Crippen molar-refractivity contribution < 1.29 is 19.1 Å². The highest BCUT2D eigenvalue weighted by Crippen LogP contribution is 2.52. The second-order valence-electron chi connectivity index (χ2n) is 8.69. The minimum atomic E-state index is -0.595. The lowest BCUT2D eigenvalue weighted by Crippen LogP contribution is -2.45. The van der Waals surface area contributed by atoms with Crippen LogP contribution in [0, 0.1) is 11.8 Å². The van der Waals surface area contributed by atoms with E-state index in [-0.39, 0.29) is 23.8 Å². The fourth-order valence-electron chi connectivity index (χ4n) is 5.59. The Bertz CT molecular complexity index is 830. The predicted octanol–water partition coefficient (Wildman–Crippen LogP) is 2.08. The van der Waals surface area contributed by atoms with Gasteiger partial charge in [0, 0.05) is 12.6 Å². The number of likely N-dealkylation sites (tertiary alicyclic amines) is 1. The quantitative estimate of drug-likeness (QED) is 0.748. The zero-order chi connectivity index (χ0) is 20.0. The van der Waals surface area contributed by atoms with Gasteiger partial charge in [0.15, 0.2) is 0 Å². The van der Waals surface area contributed by atoms with Crippen molar-refractivity contribution >= 4 is 11.8 Å². The highest BCUT2D eigenvalue weighted by Gasteiger charge is 2.67. The lowest BCUT2D eigenvalue weighted by atomic mass is 9.77. The Balaban J connectivity index is 1.24. The Labute approximate surface area is 171 Å². The summed E-state index contributed by atoms with van der Waals surface area (Å²) in [6, 6.07) is 8.17. The smallest absolute Gasteiger partial charge is 0.230 e. The molecule has 4 aliphatic rings. The van der Waals surface area contributed by atoms with Crippen LogP contribution in [0.15, 0.2) is 36.4 Å². The third-order valence-corrected chi connectivity index (χ3v) is 7.07. The van der Waals surface area contributed by atoms with Gasteiger partial charge in [0.2, 0.25) is 11.8 Å². The molecule has 2 saturated heterocycles. The monoisotopic (exact) mass is 396 g/mol. The molecule has 2 amide bonds. The summed E-state index contributed by atoms with van der Waals surface area (Å²) in [7, 11) is 1.64. The molecule has 1 spiro atoms. The molecule has 1 N–H and O–H groups in total. The maximum absolute atomic E-state index is 13.2. The number of fused-ring (bicyclic) bond motifs is 1. The first kappa shape index (κ1) is 18.7. The molecule has 1 aliphatic carbocycles. The molecule has 3 heterocycles. The van der Waals surface area contributed by atoms with Crippen molar-refractivity contribution in [1.82, 2.24) is 10.2 Å². The van der Waals surface area contributed by atoms with Gasteiger partial charge < -0.3 is 19.7 Å². The summed E-state index contributed by atoms with van der Waals surface area (Å²) in [5.41, 5.74) is 0.540. The summed E-state index contributed by atoms with van der Waals surface area (Å²) >= 11 is 0. The molecule has 6 nitrogen and oxygen atoms in total. The van der Waals surface area contributed by atoms with E-state index < -0.39 is 11.5 Å². The molecule has 1 aromatic rings. The van der Waals surface area contributed by atoms with Crippen molar-refractivity contribution in [2.45, 2.75) is 49.9 Å². The maximum Gasteiger partial charge on any atom is 0.230 e. The molecular weight excluding hydrogens is 368 g/mol. The average Bonchev–Trinajstić information content (AvgIpc) is 3.50. The van der Waals surface area contributed by atoms with Crippen LogP contribution in [-0.2, 0) is 20.7 Å². The van der Waals surface area contributed by atoms with E-state index in [0.29, 0.717) is 19.1 Å². The van der Waals surface area contributed by atoms with E-state index in [9.17, 15) is 9.59 Å². The molecule has 154 valence electrons. The molecule has 29 heavy (non-hydrogen) atoms. The van der Waals surface area contributed by atoms with Gasteiger partial charge in [-0.2, -0.15) is 0 Å². The summed E-state index contributed by atoms with van der Waals surface area (Å²) in [5, 5.41) is 3.05. The first-order valence-corrected chi connectivity index (χ1v) is 10.7. The molecule has 4 atom stereocenters. The molecule has 0 radical (unpaired) electrons. The molecule has 1 aromatic carbocycles. The van der Waals surface area contributed by atoms with Gasteiger partial charge in [-0.15, -0.1) is 0 Å². The number of rotatable bonds is 6. The summed E-state index contributed by atoms with van der Waals surface area (Å²) < 4.78 is 11.4. The van der Waals surface area contributed by atoms with E-state index in [1.807, 2.05) is 41.3 Å². The van der Waals surface area contributed by atoms with E-state index in [4.69, 9.17) is 9.47 Å². The number of nitrogens with zero attached hydrogens (tertiary/aromatic N) is 1. The van der Waals surface area contributed by atoms with Crippen LogP contribution in [0.4, 0.5) is 0 Å². The van der Waals surface area contributed by atoms with Crippen molar-refractivity contribution in [2.75, 3.05) is 20.2 Å². The molecule has 2 bridgehead atoms. The van der Waals surface area contributed by atoms with Crippen molar-refractivity contribution in [1.29, 1.82) is 0 Å². The number of ether oxygens (including phenoxy) is 2. The van der Waals surface area contributed by atoms with E-state index in [1.165, 1.54) is 12.8 Å². The number of methoxy groups -OCH3 is 1. The minimum absolute atomic E-state index is 0.0682. The van der Waals surface area contributed by atoms with Gasteiger partial charge in [-0.05, 0) is 37.0 Å². The van der Waals surface area contributed by atoms with Gasteiger partial charge in [0.05, 0.1) is 31.6 Å². The van der Waals surface area contributed by atoms with E-state index >= 15 is 0 Å². The third-order valence-electron chi connectivity index (χ3n) is 7.07. The fraction of sp³-hybridized carbons (Fsp3) is 0.565. The van der Waals surface area contributed by atoms with E-state index in [0.717, 1.165) is 30.6 Å². The van der Waals surface area contributed by atoms with Crippen LogP contribution in [-0.4, -0.2) is 54.7 Å². The minimum Gasteiger partial charge on any atom is -0.497 e. The Morgan fingerprint density at radius 3 is 2.76 bits per heavy atom. The Kier molecular flexibility index (Phi) is 4.62. The Morgan fingerprint density at radius 1 is 1.28 bits per heavy atom. The van der Waals surface area contributed by atoms with Crippen LogP contribution in [0.3, 0.4) is 0 Å². The van der Waals surface area contributed by atoms with Crippen LogP contribution in [0.5, 0.6) is 5.75 Å². The van der Waals surface area contributed by atoms with Crippen LogP contribution < -0.4 is 10.1 Å². The lowest BCUT2D eigenvalue weighted by molar-refractivity contribution is -0.138. The summed E-state index contributed by atoms with van der Waals surface area (Å²) in [4.78, 5) is 28.3. The topological polar surface area (TPSA) is 67.9 Å². The van der Waals surface area contributed by atoms with Gasteiger partial charge in [-0.3, -0.25) is 9.59 Å². The second-order valence-corrected chi connectivity index (χ2v) is 8.69. The number of amides is 2. The maximum atomic E-state index is 13.2. The van der Waals surface area contributed by atoms with E-state index in [1.54, 1.807) is 7.11 Å². The Hall–Kier alpha value is -2.34. The van der Waals surface area contributed by atoms with Crippen LogP contribution >= 0.6 is 0 Å². The molecule has 3 fully saturated rings. The van der Waals surface area contributed by atoms with E-state index in [2.05, 4.69) is 5.32 Å².